The van der Waals surface area contributed by atoms with Crippen molar-refractivity contribution in [2.75, 3.05) is 13.2 Å². The maximum atomic E-state index is 5.58. The Bertz CT molecular complexity index is 498. The molecule has 0 spiro atoms. The molecule has 0 saturated carbocycles. The van der Waals surface area contributed by atoms with Gasteiger partial charge in [-0.1, -0.05) is 85.1 Å². The van der Waals surface area contributed by atoms with E-state index in [1.54, 1.807) is 0 Å². The van der Waals surface area contributed by atoms with Gasteiger partial charge in [0.1, 0.15) is 0 Å². The first-order valence-electron chi connectivity index (χ1n) is 6.01. The van der Waals surface area contributed by atoms with Gasteiger partial charge in [0.05, 0.1) is 13.2 Å². The molecule has 0 aliphatic heterocycles. The fraction of sp³-hybridized carbons (Fsp3) is 0.125. The van der Waals surface area contributed by atoms with Crippen molar-refractivity contribution >= 4 is 34.2 Å². The predicted molar refractivity (Wildman–Crippen MR) is 87.1 cm³/mol. The SMILES string of the molecule is S=C(COCC(=S)c1ccccc1)c1ccccc1. The molecule has 1 nitrogen and oxygen atoms in total. The van der Waals surface area contributed by atoms with Crippen LogP contribution in [0.15, 0.2) is 60.7 Å². The Morgan fingerprint density at radius 3 is 1.42 bits per heavy atom. The summed E-state index contributed by atoms with van der Waals surface area (Å²) in [6, 6.07) is 19.8. The minimum Gasteiger partial charge on any atom is -0.370 e. The van der Waals surface area contributed by atoms with Crippen LogP contribution in [-0.4, -0.2) is 22.9 Å². The van der Waals surface area contributed by atoms with E-state index in [0.29, 0.717) is 13.2 Å². The first kappa shape index (κ1) is 14.0. The van der Waals surface area contributed by atoms with Gasteiger partial charge in [-0.2, -0.15) is 0 Å². The Morgan fingerprint density at radius 1 is 0.684 bits per heavy atom. The van der Waals surface area contributed by atoms with Crippen LogP contribution in [0.5, 0.6) is 0 Å². The van der Waals surface area contributed by atoms with Crippen molar-refractivity contribution in [3.63, 3.8) is 0 Å². The summed E-state index contributed by atoms with van der Waals surface area (Å²) >= 11 is 10.6. The van der Waals surface area contributed by atoms with Gasteiger partial charge < -0.3 is 4.74 Å². The molecule has 0 aliphatic carbocycles. The number of rotatable bonds is 6. The third-order valence-corrected chi connectivity index (χ3v) is 3.36. The molecule has 0 amide bonds. The minimum atomic E-state index is 0.423. The van der Waals surface area contributed by atoms with Gasteiger partial charge in [0.15, 0.2) is 0 Å². The monoisotopic (exact) mass is 286 g/mol. The molecule has 0 bridgehead atoms. The van der Waals surface area contributed by atoms with Crippen LogP contribution < -0.4 is 0 Å². The quantitative estimate of drug-likeness (QED) is 0.590. The first-order chi connectivity index (χ1) is 9.27. The van der Waals surface area contributed by atoms with E-state index in [-0.39, 0.29) is 0 Å². The molecule has 0 heterocycles. The van der Waals surface area contributed by atoms with Crippen LogP contribution in [0, 0.1) is 0 Å². The summed E-state index contributed by atoms with van der Waals surface area (Å²) in [5.74, 6) is 0. The summed E-state index contributed by atoms with van der Waals surface area (Å²) < 4.78 is 5.58. The Kier molecular flexibility index (Phi) is 5.33. The van der Waals surface area contributed by atoms with Gasteiger partial charge in [-0.05, 0) is 11.1 Å². The highest BCUT2D eigenvalue weighted by Crippen LogP contribution is 2.04. The van der Waals surface area contributed by atoms with E-state index in [9.17, 15) is 0 Å². The molecular weight excluding hydrogens is 272 g/mol. The predicted octanol–water partition coefficient (Wildman–Crippen LogP) is 3.84. The van der Waals surface area contributed by atoms with E-state index in [2.05, 4.69) is 0 Å². The van der Waals surface area contributed by atoms with E-state index in [4.69, 9.17) is 29.2 Å². The molecule has 19 heavy (non-hydrogen) atoms. The lowest BCUT2D eigenvalue weighted by Gasteiger charge is -2.07. The number of hydrogen-bond donors (Lipinski definition) is 0. The largest absolute Gasteiger partial charge is 0.370 e. The lowest BCUT2D eigenvalue weighted by Crippen LogP contribution is -2.13. The highest BCUT2D eigenvalue weighted by Gasteiger charge is 2.03. The van der Waals surface area contributed by atoms with Gasteiger partial charge in [0.25, 0.3) is 0 Å². The van der Waals surface area contributed by atoms with Gasteiger partial charge in [0, 0.05) is 9.73 Å². The maximum Gasteiger partial charge on any atom is 0.0828 e. The van der Waals surface area contributed by atoms with E-state index in [1.807, 2.05) is 60.7 Å². The Balaban J connectivity index is 1.81. The molecule has 0 saturated heterocycles. The molecule has 0 unspecified atom stereocenters. The second-order valence-corrected chi connectivity index (χ2v) is 5.06. The van der Waals surface area contributed by atoms with E-state index in [0.717, 1.165) is 20.9 Å². The lowest BCUT2D eigenvalue weighted by atomic mass is 10.1. The molecule has 0 aromatic heterocycles. The molecular formula is C16H14OS2. The van der Waals surface area contributed by atoms with Crippen molar-refractivity contribution < 1.29 is 4.74 Å². The molecule has 0 radical (unpaired) electrons. The highest BCUT2D eigenvalue weighted by atomic mass is 32.1. The summed E-state index contributed by atoms with van der Waals surface area (Å²) in [5.41, 5.74) is 2.06. The fourth-order valence-electron chi connectivity index (χ4n) is 1.65. The van der Waals surface area contributed by atoms with Crippen molar-refractivity contribution in [2.24, 2.45) is 0 Å². The van der Waals surface area contributed by atoms with E-state index < -0.39 is 0 Å². The molecule has 2 aromatic carbocycles. The number of hydrogen-bond acceptors (Lipinski definition) is 3. The van der Waals surface area contributed by atoms with E-state index in [1.165, 1.54) is 0 Å². The van der Waals surface area contributed by atoms with Crippen LogP contribution in [0.3, 0.4) is 0 Å². The third-order valence-electron chi connectivity index (χ3n) is 2.66. The van der Waals surface area contributed by atoms with Crippen LogP contribution >= 0.6 is 24.4 Å². The smallest absolute Gasteiger partial charge is 0.0828 e. The molecule has 3 heteroatoms. The van der Waals surface area contributed by atoms with Crippen molar-refractivity contribution in [2.45, 2.75) is 0 Å². The highest BCUT2D eigenvalue weighted by molar-refractivity contribution is 7.81. The number of benzene rings is 2. The molecule has 0 atom stereocenters. The topological polar surface area (TPSA) is 9.23 Å². The second kappa shape index (κ2) is 7.24. The summed E-state index contributed by atoms with van der Waals surface area (Å²) in [5, 5.41) is 0. The zero-order chi connectivity index (χ0) is 13.5. The van der Waals surface area contributed by atoms with Crippen LogP contribution in [0.25, 0.3) is 0 Å². The molecule has 0 N–H and O–H groups in total. The van der Waals surface area contributed by atoms with Gasteiger partial charge in [-0.3, -0.25) is 0 Å². The third kappa shape index (κ3) is 4.31. The molecule has 2 rings (SSSR count). The molecule has 2 aromatic rings. The average molecular weight is 286 g/mol. The summed E-state index contributed by atoms with van der Waals surface area (Å²) in [6.07, 6.45) is 0. The maximum absolute atomic E-state index is 5.58. The Labute approximate surface area is 124 Å². The van der Waals surface area contributed by atoms with Gasteiger partial charge in [-0.25, -0.2) is 0 Å². The van der Waals surface area contributed by atoms with Crippen LogP contribution in [-0.2, 0) is 4.74 Å². The average Bonchev–Trinajstić information content (AvgIpc) is 2.49. The Morgan fingerprint density at radius 2 is 1.05 bits per heavy atom. The lowest BCUT2D eigenvalue weighted by molar-refractivity contribution is 0.218. The van der Waals surface area contributed by atoms with Crippen molar-refractivity contribution in [3.05, 3.63) is 71.8 Å². The van der Waals surface area contributed by atoms with Crippen LogP contribution in [0.4, 0.5) is 0 Å². The van der Waals surface area contributed by atoms with Gasteiger partial charge >= 0.3 is 0 Å². The normalized spacial score (nSPS) is 10.1. The fourth-order valence-corrected chi connectivity index (χ4v) is 2.09. The van der Waals surface area contributed by atoms with Gasteiger partial charge in [-0.15, -0.1) is 0 Å². The molecule has 0 fully saturated rings. The van der Waals surface area contributed by atoms with Crippen molar-refractivity contribution in [3.8, 4) is 0 Å². The second-order valence-electron chi connectivity index (χ2n) is 4.07. The minimum absolute atomic E-state index is 0.423. The number of thiocarbonyl (C=S) groups is 2. The summed E-state index contributed by atoms with van der Waals surface area (Å²) in [7, 11) is 0. The van der Waals surface area contributed by atoms with Crippen LogP contribution in [0.2, 0.25) is 0 Å². The first-order valence-corrected chi connectivity index (χ1v) is 6.83. The zero-order valence-electron chi connectivity index (χ0n) is 10.4. The van der Waals surface area contributed by atoms with Crippen molar-refractivity contribution in [1.82, 2.24) is 0 Å². The Hall–Kier alpha value is -1.42. The standard InChI is InChI=1S/C16H14OS2/c18-15(13-7-3-1-4-8-13)11-17-12-16(19)14-9-5-2-6-10-14/h1-10H,11-12H2. The van der Waals surface area contributed by atoms with Crippen LogP contribution in [0.1, 0.15) is 11.1 Å². The zero-order valence-corrected chi connectivity index (χ0v) is 12.0. The molecule has 0 aliphatic rings. The number of ether oxygens (including phenoxy) is 1. The van der Waals surface area contributed by atoms with Gasteiger partial charge in [0.2, 0.25) is 0 Å². The van der Waals surface area contributed by atoms with Crippen molar-refractivity contribution in [1.29, 1.82) is 0 Å². The summed E-state index contributed by atoms with van der Waals surface area (Å²) in [4.78, 5) is 1.60. The van der Waals surface area contributed by atoms with E-state index >= 15 is 0 Å². The summed E-state index contributed by atoms with van der Waals surface area (Å²) in [6.45, 7) is 0.846. The molecule has 96 valence electrons.